The second-order valence-electron chi connectivity index (χ2n) is 13.5. The van der Waals surface area contributed by atoms with E-state index in [2.05, 4.69) is 16.0 Å². The van der Waals surface area contributed by atoms with Crippen molar-refractivity contribution in [1.82, 2.24) is 16.0 Å². The van der Waals surface area contributed by atoms with E-state index in [-0.39, 0.29) is 29.6 Å². The fourth-order valence-corrected chi connectivity index (χ4v) is 6.48. The molecule has 2 aliphatic heterocycles. The van der Waals surface area contributed by atoms with Crippen molar-refractivity contribution in [3.8, 4) is 5.75 Å². The standard InChI is InChI=1S/C37H49N3O11/c1-20-9-10-24(17-38-34(46)26-8-6-12-50-19-26)15-25(20)7-5-11-37(36(48)49)16-28(42)30(40-23(4)41)33(51-37)32(45)29(43)18-39-35(47)27-13-21(2)31(44)22(3)14-27/h5,7,9-10,13-15,26,28-30,32-33,42-45H,6,8,11-12,16-19H2,1-4H3,(H,38,46)(H,39,47)(H,40,41)(H,48,49)/b7-5+/t26?,28-,29+,30+,32+,33+,37+/m0/s1. The van der Waals surface area contributed by atoms with Crippen LogP contribution in [0.1, 0.15) is 70.8 Å². The van der Waals surface area contributed by atoms with Crippen LogP contribution in [0.3, 0.4) is 0 Å². The van der Waals surface area contributed by atoms with Crippen LogP contribution in [0.2, 0.25) is 0 Å². The summed E-state index contributed by atoms with van der Waals surface area (Å²) in [4.78, 5) is 50.2. The number of nitrogens with one attached hydrogen (secondary N) is 3. The molecule has 278 valence electrons. The first-order chi connectivity index (χ1) is 24.1. The molecule has 7 atom stereocenters. The Morgan fingerprint density at radius 1 is 1.04 bits per heavy atom. The number of amides is 3. The van der Waals surface area contributed by atoms with Gasteiger partial charge in [0.1, 0.15) is 18.0 Å². The van der Waals surface area contributed by atoms with Crippen LogP contribution in [-0.2, 0) is 30.4 Å². The fraction of sp³-hybridized carbons (Fsp3) is 0.514. The van der Waals surface area contributed by atoms with Gasteiger partial charge in [-0.2, -0.15) is 0 Å². The summed E-state index contributed by atoms with van der Waals surface area (Å²) in [5.41, 5.74) is 1.58. The van der Waals surface area contributed by atoms with Crippen molar-refractivity contribution in [2.45, 2.75) is 96.0 Å². The maximum atomic E-state index is 12.8. The van der Waals surface area contributed by atoms with Gasteiger partial charge in [-0.25, -0.2) is 4.79 Å². The van der Waals surface area contributed by atoms with Gasteiger partial charge in [-0.05, 0) is 79.6 Å². The Morgan fingerprint density at radius 2 is 1.75 bits per heavy atom. The Kier molecular flexibility index (Phi) is 13.3. The number of aliphatic hydroxyl groups excluding tert-OH is 3. The maximum Gasteiger partial charge on any atom is 0.336 e. The lowest BCUT2D eigenvalue weighted by atomic mass is 9.81. The van der Waals surface area contributed by atoms with Crippen LogP contribution in [0.5, 0.6) is 5.75 Å². The molecule has 8 N–H and O–H groups in total. The normalized spacial score (nSPS) is 24.8. The molecule has 14 nitrogen and oxygen atoms in total. The zero-order chi connectivity index (χ0) is 37.5. The molecule has 2 aromatic carbocycles. The lowest BCUT2D eigenvalue weighted by molar-refractivity contribution is -0.226. The first-order valence-electron chi connectivity index (χ1n) is 17.0. The minimum Gasteiger partial charge on any atom is -0.507 e. The van der Waals surface area contributed by atoms with Crippen molar-refractivity contribution in [2.24, 2.45) is 5.92 Å². The molecule has 2 saturated heterocycles. The Morgan fingerprint density at radius 3 is 2.37 bits per heavy atom. The van der Waals surface area contributed by atoms with E-state index >= 15 is 0 Å². The molecule has 1 unspecified atom stereocenters. The molecular weight excluding hydrogens is 662 g/mol. The molecule has 0 aliphatic carbocycles. The van der Waals surface area contributed by atoms with Gasteiger partial charge in [-0.15, -0.1) is 0 Å². The molecule has 0 spiro atoms. The molecule has 4 rings (SSSR count). The molecular formula is C37H49N3O11. The van der Waals surface area contributed by atoms with E-state index in [0.717, 1.165) is 29.5 Å². The van der Waals surface area contributed by atoms with Gasteiger partial charge < -0.3 is 51.0 Å². The zero-order valence-electron chi connectivity index (χ0n) is 29.3. The SMILES string of the molecule is CC(=O)N[C@H]1[C@H]([C@H](O)[C@H](O)CNC(=O)c2cc(C)c(O)c(C)c2)O[C@@](C/C=C/c2cc(CNC(=O)C3CCCOC3)ccc2C)(C(=O)O)C[C@@H]1O. The number of hydrogen-bond acceptors (Lipinski definition) is 10. The number of rotatable bonds is 13. The van der Waals surface area contributed by atoms with Crippen molar-refractivity contribution >= 4 is 29.8 Å². The summed E-state index contributed by atoms with van der Waals surface area (Å²) in [5.74, 6) is -2.82. The Labute approximate surface area is 296 Å². The summed E-state index contributed by atoms with van der Waals surface area (Å²) in [7, 11) is 0. The molecule has 2 heterocycles. The van der Waals surface area contributed by atoms with Crippen LogP contribution in [0.4, 0.5) is 0 Å². The summed E-state index contributed by atoms with van der Waals surface area (Å²) >= 11 is 0. The third-order valence-electron chi connectivity index (χ3n) is 9.47. The van der Waals surface area contributed by atoms with Gasteiger partial charge in [0.25, 0.3) is 5.91 Å². The smallest absolute Gasteiger partial charge is 0.336 e. The molecule has 2 fully saturated rings. The van der Waals surface area contributed by atoms with E-state index in [1.807, 2.05) is 25.1 Å². The average Bonchev–Trinajstić information content (AvgIpc) is 3.10. The summed E-state index contributed by atoms with van der Waals surface area (Å²) < 4.78 is 11.4. The van der Waals surface area contributed by atoms with Gasteiger partial charge in [0.2, 0.25) is 11.8 Å². The summed E-state index contributed by atoms with van der Waals surface area (Å²) in [5, 5.41) is 61.6. The van der Waals surface area contributed by atoms with Crippen molar-refractivity contribution in [3.05, 3.63) is 69.8 Å². The van der Waals surface area contributed by atoms with Crippen LogP contribution in [0.25, 0.3) is 6.08 Å². The zero-order valence-corrected chi connectivity index (χ0v) is 29.3. The number of hydrogen-bond donors (Lipinski definition) is 8. The number of benzene rings is 2. The maximum absolute atomic E-state index is 12.8. The lowest BCUT2D eigenvalue weighted by Crippen LogP contribution is -2.67. The Balaban J connectivity index is 1.48. The number of carbonyl (C=O) groups excluding carboxylic acids is 3. The van der Waals surface area contributed by atoms with Gasteiger partial charge in [0, 0.05) is 45.0 Å². The highest BCUT2D eigenvalue weighted by atomic mass is 16.6. The van der Waals surface area contributed by atoms with E-state index in [1.54, 1.807) is 26.0 Å². The number of aromatic hydroxyl groups is 1. The quantitative estimate of drug-likeness (QED) is 0.148. The molecule has 14 heteroatoms. The number of phenolic OH excluding ortho intramolecular Hbond substituents is 1. The van der Waals surface area contributed by atoms with Crippen molar-refractivity contribution in [1.29, 1.82) is 0 Å². The van der Waals surface area contributed by atoms with Crippen molar-refractivity contribution in [2.75, 3.05) is 19.8 Å². The van der Waals surface area contributed by atoms with Gasteiger partial charge >= 0.3 is 5.97 Å². The molecule has 0 aromatic heterocycles. The Hall–Kier alpha value is -4.34. The van der Waals surface area contributed by atoms with E-state index in [4.69, 9.17) is 9.47 Å². The second kappa shape index (κ2) is 17.2. The predicted octanol–water partition coefficient (Wildman–Crippen LogP) is 1.39. The third-order valence-corrected chi connectivity index (χ3v) is 9.47. The average molecular weight is 712 g/mol. The minimum absolute atomic E-state index is 0.0470. The molecule has 51 heavy (non-hydrogen) atoms. The van der Waals surface area contributed by atoms with Gasteiger partial charge in [0.05, 0.1) is 30.8 Å². The molecule has 3 amide bonds. The minimum atomic E-state index is -2.05. The van der Waals surface area contributed by atoms with Crippen molar-refractivity contribution in [3.63, 3.8) is 0 Å². The summed E-state index contributed by atoms with van der Waals surface area (Å²) in [6, 6.07) is 7.29. The molecule has 0 bridgehead atoms. The highest BCUT2D eigenvalue weighted by Gasteiger charge is 2.54. The molecule has 2 aliphatic rings. The van der Waals surface area contributed by atoms with E-state index in [9.17, 15) is 44.7 Å². The fourth-order valence-electron chi connectivity index (χ4n) is 6.48. The number of ether oxygens (including phenoxy) is 2. The molecule has 0 saturated carbocycles. The van der Waals surface area contributed by atoms with E-state index < -0.39 is 66.8 Å². The number of carbonyl (C=O) groups is 4. The van der Waals surface area contributed by atoms with Crippen LogP contribution in [-0.4, -0.2) is 105 Å². The van der Waals surface area contributed by atoms with Crippen LogP contribution in [0.15, 0.2) is 36.4 Å². The van der Waals surface area contributed by atoms with Gasteiger partial charge in [-0.1, -0.05) is 24.3 Å². The van der Waals surface area contributed by atoms with Gasteiger partial charge in [-0.3, -0.25) is 14.4 Å². The summed E-state index contributed by atoms with van der Waals surface area (Å²) in [6.45, 7) is 7.19. The predicted molar refractivity (Wildman–Crippen MR) is 186 cm³/mol. The first-order valence-corrected chi connectivity index (χ1v) is 17.0. The summed E-state index contributed by atoms with van der Waals surface area (Å²) in [6.07, 6.45) is -2.41. The number of aliphatic hydroxyl groups is 3. The number of aryl methyl sites for hydroxylation is 3. The lowest BCUT2D eigenvalue weighted by Gasteiger charge is -2.47. The van der Waals surface area contributed by atoms with Crippen LogP contribution < -0.4 is 16.0 Å². The highest BCUT2D eigenvalue weighted by Crippen LogP contribution is 2.35. The number of aliphatic carboxylic acids is 1. The van der Waals surface area contributed by atoms with Gasteiger partial charge in [0.15, 0.2) is 5.60 Å². The second-order valence-corrected chi connectivity index (χ2v) is 13.5. The topological polar surface area (TPSA) is 224 Å². The Bertz CT molecular complexity index is 1600. The number of carboxylic acids is 1. The van der Waals surface area contributed by atoms with Crippen LogP contribution >= 0.6 is 0 Å². The monoisotopic (exact) mass is 711 g/mol. The number of phenols is 1. The largest absolute Gasteiger partial charge is 0.507 e. The first kappa shape index (κ1) is 39.4. The molecule has 2 aromatic rings. The van der Waals surface area contributed by atoms with E-state index in [0.29, 0.717) is 30.9 Å². The van der Waals surface area contributed by atoms with Crippen molar-refractivity contribution < 1.29 is 54.2 Å². The highest BCUT2D eigenvalue weighted by molar-refractivity contribution is 5.95. The van der Waals surface area contributed by atoms with E-state index in [1.165, 1.54) is 19.1 Å². The van der Waals surface area contributed by atoms with Crippen LogP contribution in [0, 0.1) is 26.7 Å². The molecule has 0 radical (unpaired) electrons. The third kappa shape index (κ3) is 9.92. The number of carboxylic acid groups (broad SMARTS) is 1.